The molecule has 0 bridgehead atoms. The summed E-state index contributed by atoms with van der Waals surface area (Å²) in [4.78, 5) is 11.5. The Labute approximate surface area is 121 Å². The van der Waals surface area contributed by atoms with Crippen LogP contribution >= 0.6 is 0 Å². The lowest BCUT2D eigenvalue weighted by molar-refractivity contribution is -0.121. The van der Waals surface area contributed by atoms with Crippen molar-refractivity contribution in [2.75, 3.05) is 6.54 Å². The van der Waals surface area contributed by atoms with Gasteiger partial charge in [-0.15, -0.1) is 11.7 Å². The maximum absolute atomic E-state index is 12.7. The number of rotatable bonds is 7. The highest BCUT2D eigenvalue weighted by Crippen LogP contribution is 2.12. The molecule has 0 saturated carbocycles. The lowest BCUT2D eigenvalue weighted by Gasteiger charge is -2.03. The Morgan fingerprint density at radius 3 is 2.90 bits per heavy atom. The van der Waals surface area contributed by atoms with Gasteiger partial charge in [0.2, 0.25) is 5.91 Å². The maximum Gasteiger partial charge on any atom is 0.242 e. The summed E-state index contributed by atoms with van der Waals surface area (Å²) >= 11 is 0. The standard InChI is InChI=1S/C14H15FN4O2/c1-2-7-16-14(20)9-19-8-12(17-18-19)10-21-13-5-3-11(15)4-6-13/h2-6,8H,1,7,9-10H2,(H,16,20). The van der Waals surface area contributed by atoms with Crippen molar-refractivity contribution in [3.63, 3.8) is 0 Å². The topological polar surface area (TPSA) is 69.0 Å². The third kappa shape index (κ3) is 4.72. The zero-order chi connectivity index (χ0) is 15.1. The Morgan fingerprint density at radius 2 is 2.19 bits per heavy atom. The Morgan fingerprint density at radius 1 is 1.43 bits per heavy atom. The highest BCUT2D eigenvalue weighted by molar-refractivity contribution is 5.75. The molecule has 1 aromatic carbocycles. The van der Waals surface area contributed by atoms with Gasteiger partial charge in [0.15, 0.2) is 0 Å². The van der Waals surface area contributed by atoms with E-state index in [1.165, 1.54) is 28.9 Å². The van der Waals surface area contributed by atoms with Crippen molar-refractivity contribution in [3.8, 4) is 5.75 Å². The zero-order valence-electron chi connectivity index (χ0n) is 11.3. The fourth-order valence-electron chi connectivity index (χ4n) is 1.56. The van der Waals surface area contributed by atoms with E-state index in [1.54, 1.807) is 12.3 Å². The average molecular weight is 290 g/mol. The Hall–Kier alpha value is -2.70. The molecule has 2 rings (SSSR count). The van der Waals surface area contributed by atoms with Crippen molar-refractivity contribution in [1.29, 1.82) is 0 Å². The number of carbonyl (C=O) groups excluding carboxylic acids is 1. The third-order valence-corrected chi connectivity index (χ3v) is 2.54. The molecule has 110 valence electrons. The molecule has 1 amide bonds. The second-order valence-corrected chi connectivity index (χ2v) is 4.24. The Bertz CT molecular complexity index is 610. The van der Waals surface area contributed by atoms with Gasteiger partial charge in [-0.1, -0.05) is 11.3 Å². The summed E-state index contributed by atoms with van der Waals surface area (Å²) in [6.45, 7) is 4.20. The van der Waals surface area contributed by atoms with Crippen LogP contribution in [0.15, 0.2) is 43.1 Å². The lowest BCUT2D eigenvalue weighted by atomic mass is 10.3. The number of hydrogen-bond acceptors (Lipinski definition) is 4. The minimum Gasteiger partial charge on any atom is -0.487 e. The molecule has 21 heavy (non-hydrogen) atoms. The number of carbonyl (C=O) groups is 1. The maximum atomic E-state index is 12.7. The van der Waals surface area contributed by atoms with E-state index in [2.05, 4.69) is 22.2 Å². The minimum absolute atomic E-state index is 0.0807. The highest BCUT2D eigenvalue weighted by Gasteiger charge is 2.06. The van der Waals surface area contributed by atoms with E-state index in [1.807, 2.05) is 0 Å². The summed E-state index contributed by atoms with van der Waals surface area (Å²) in [6.07, 6.45) is 3.22. The van der Waals surface area contributed by atoms with E-state index in [4.69, 9.17) is 4.74 Å². The van der Waals surface area contributed by atoms with E-state index in [-0.39, 0.29) is 24.9 Å². The van der Waals surface area contributed by atoms with Gasteiger partial charge in [-0.3, -0.25) is 4.79 Å². The summed E-state index contributed by atoms with van der Waals surface area (Å²) < 4.78 is 19.6. The summed E-state index contributed by atoms with van der Waals surface area (Å²) in [7, 11) is 0. The summed E-state index contributed by atoms with van der Waals surface area (Å²) in [5.41, 5.74) is 0.579. The molecular formula is C14H15FN4O2. The molecule has 2 aromatic rings. The summed E-state index contributed by atoms with van der Waals surface area (Å²) in [5, 5.41) is 10.4. The van der Waals surface area contributed by atoms with E-state index in [0.29, 0.717) is 18.0 Å². The monoisotopic (exact) mass is 290 g/mol. The van der Waals surface area contributed by atoms with Gasteiger partial charge >= 0.3 is 0 Å². The van der Waals surface area contributed by atoms with Crippen LogP contribution in [0.3, 0.4) is 0 Å². The van der Waals surface area contributed by atoms with Crippen LogP contribution in [0.5, 0.6) is 5.75 Å². The number of ether oxygens (including phenoxy) is 1. The summed E-state index contributed by atoms with van der Waals surface area (Å²) in [5.74, 6) is 0.0410. The molecule has 6 nitrogen and oxygen atoms in total. The normalized spacial score (nSPS) is 10.1. The first-order chi connectivity index (χ1) is 10.2. The minimum atomic E-state index is -0.321. The number of hydrogen-bond donors (Lipinski definition) is 1. The first-order valence-corrected chi connectivity index (χ1v) is 6.32. The van der Waals surface area contributed by atoms with Gasteiger partial charge in [0.05, 0.1) is 6.20 Å². The first kappa shape index (κ1) is 14.7. The molecule has 0 spiro atoms. The molecule has 0 fully saturated rings. The van der Waals surface area contributed by atoms with E-state index in [9.17, 15) is 9.18 Å². The smallest absolute Gasteiger partial charge is 0.242 e. The number of amides is 1. The van der Waals surface area contributed by atoms with Gasteiger partial charge in [-0.05, 0) is 24.3 Å². The van der Waals surface area contributed by atoms with Crippen LogP contribution in [0.1, 0.15) is 5.69 Å². The van der Waals surface area contributed by atoms with Crippen LogP contribution in [0.4, 0.5) is 4.39 Å². The van der Waals surface area contributed by atoms with Crippen LogP contribution in [0, 0.1) is 5.82 Å². The van der Waals surface area contributed by atoms with Crippen molar-refractivity contribution in [2.24, 2.45) is 0 Å². The molecule has 0 atom stereocenters. The molecule has 1 N–H and O–H groups in total. The second kappa shape index (κ2) is 7.18. The van der Waals surface area contributed by atoms with Crippen molar-refractivity contribution in [2.45, 2.75) is 13.2 Å². The highest BCUT2D eigenvalue weighted by atomic mass is 19.1. The number of nitrogens with one attached hydrogen (secondary N) is 1. The van der Waals surface area contributed by atoms with Crippen LogP contribution in [0.25, 0.3) is 0 Å². The molecule has 1 heterocycles. The van der Waals surface area contributed by atoms with E-state index in [0.717, 1.165) is 0 Å². The zero-order valence-corrected chi connectivity index (χ0v) is 11.3. The van der Waals surface area contributed by atoms with Crippen molar-refractivity contribution in [1.82, 2.24) is 20.3 Å². The van der Waals surface area contributed by atoms with Gasteiger partial charge < -0.3 is 10.1 Å². The molecule has 1 aromatic heterocycles. The van der Waals surface area contributed by atoms with Gasteiger partial charge in [0.1, 0.15) is 30.4 Å². The lowest BCUT2D eigenvalue weighted by Crippen LogP contribution is -2.27. The number of nitrogens with zero attached hydrogens (tertiary/aromatic N) is 3. The Balaban J connectivity index is 1.84. The SMILES string of the molecule is C=CCNC(=O)Cn1cc(COc2ccc(F)cc2)nn1. The van der Waals surface area contributed by atoms with Crippen molar-refractivity contribution in [3.05, 3.63) is 54.6 Å². The molecule has 0 aliphatic rings. The van der Waals surface area contributed by atoms with Crippen molar-refractivity contribution < 1.29 is 13.9 Å². The number of benzene rings is 1. The second-order valence-electron chi connectivity index (χ2n) is 4.24. The van der Waals surface area contributed by atoms with E-state index >= 15 is 0 Å². The third-order valence-electron chi connectivity index (χ3n) is 2.54. The molecule has 0 radical (unpaired) electrons. The van der Waals surface area contributed by atoms with Crippen molar-refractivity contribution >= 4 is 5.91 Å². The van der Waals surface area contributed by atoms with Gasteiger partial charge in [-0.2, -0.15) is 0 Å². The molecule has 0 unspecified atom stereocenters. The number of halogens is 1. The van der Waals surface area contributed by atoms with Crippen LogP contribution in [-0.2, 0) is 17.9 Å². The van der Waals surface area contributed by atoms with E-state index < -0.39 is 0 Å². The molecule has 0 aliphatic carbocycles. The fraction of sp³-hybridized carbons (Fsp3) is 0.214. The number of aromatic nitrogens is 3. The van der Waals surface area contributed by atoms with Crippen LogP contribution in [-0.4, -0.2) is 27.4 Å². The van der Waals surface area contributed by atoms with Gasteiger partial charge in [-0.25, -0.2) is 9.07 Å². The molecule has 0 aliphatic heterocycles. The quantitative estimate of drug-likeness (QED) is 0.780. The Kier molecular flexibility index (Phi) is 5.03. The average Bonchev–Trinajstić information content (AvgIpc) is 2.92. The largest absolute Gasteiger partial charge is 0.487 e. The predicted molar refractivity (Wildman–Crippen MR) is 74.0 cm³/mol. The molecule has 7 heteroatoms. The molecular weight excluding hydrogens is 275 g/mol. The fourth-order valence-corrected chi connectivity index (χ4v) is 1.56. The molecule has 0 saturated heterocycles. The first-order valence-electron chi connectivity index (χ1n) is 6.32. The van der Waals surface area contributed by atoms with Crippen LogP contribution in [0.2, 0.25) is 0 Å². The van der Waals surface area contributed by atoms with Gasteiger partial charge in [0, 0.05) is 6.54 Å². The van der Waals surface area contributed by atoms with Gasteiger partial charge in [0.25, 0.3) is 0 Å². The van der Waals surface area contributed by atoms with Crippen LogP contribution < -0.4 is 10.1 Å². The predicted octanol–water partition coefficient (Wildman–Crippen LogP) is 1.30. The summed E-state index contributed by atoms with van der Waals surface area (Å²) in [6, 6.07) is 5.69.